The number of fused-ring (bicyclic) bond motifs is 1. The number of carbonyl (C=O) groups is 2. The second-order valence-electron chi connectivity index (χ2n) is 4.43. The van der Waals surface area contributed by atoms with E-state index in [1.807, 2.05) is 31.2 Å². The van der Waals surface area contributed by atoms with Crippen molar-refractivity contribution in [3.63, 3.8) is 0 Å². The zero-order valence-electron chi connectivity index (χ0n) is 10.9. The van der Waals surface area contributed by atoms with Crippen LogP contribution in [0.4, 0.5) is 0 Å². The molecule has 19 heavy (non-hydrogen) atoms. The molecule has 2 amide bonds. The lowest BCUT2D eigenvalue weighted by Gasteiger charge is -2.14. The Morgan fingerprint density at radius 3 is 2.74 bits per heavy atom. The van der Waals surface area contributed by atoms with Crippen molar-refractivity contribution < 1.29 is 9.59 Å². The third-order valence-corrected chi connectivity index (χ3v) is 2.81. The van der Waals surface area contributed by atoms with Crippen molar-refractivity contribution in [1.29, 1.82) is 0 Å². The van der Waals surface area contributed by atoms with Gasteiger partial charge in [-0.05, 0) is 19.1 Å². The molecule has 0 saturated heterocycles. The summed E-state index contributed by atoms with van der Waals surface area (Å²) in [6.07, 6.45) is 0. The van der Waals surface area contributed by atoms with E-state index in [4.69, 9.17) is 5.73 Å². The summed E-state index contributed by atoms with van der Waals surface area (Å²) in [4.78, 5) is 26.8. The predicted molar refractivity (Wildman–Crippen MR) is 71.2 cm³/mol. The van der Waals surface area contributed by atoms with Crippen LogP contribution in [0.1, 0.15) is 25.7 Å². The minimum Gasteiger partial charge on any atom is -0.368 e. The first-order chi connectivity index (χ1) is 8.99. The Kier molecular flexibility index (Phi) is 3.50. The molecule has 0 bridgehead atoms. The van der Waals surface area contributed by atoms with Crippen LogP contribution in [0.2, 0.25) is 0 Å². The minimum absolute atomic E-state index is 0.0414. The summed E-state index contributed by atoms with van der Waals surface area (Å²) >= 11 is 0. The highest BCUT2D eigenvalue weighted by molar-refractivity contribution is 5.80. The predicted octanol–water partition coefficient (Wildman–Crippen LogP) is 0.719. The van der Waals surface area contributed by atoms with Gasteiger partial charge in [0.15, 0.2) is 0 Å². The van der Waals surface area contributed by atoms with Crippen molar-refractivity contribution in [2.45, 2.75) is 26.4 Å². The fourth-order valence-corrected chi connectivity index (χ4v) is 2.12. The molecule has 2 rings (SSSR count). The quantitative estimate of drug-likeness (QED) is 0.848. The van der Waals surface area contributed by atoms with Crippen LogP contribution in [-0.2, 0) is 16.1 Å². The van der Waals surface area contributed by atoms with E-state index in [1.54, 1.807) is 4.57 Å². The number of nitrogens with zero attached hydrogens (tertiary/aromatic N) is 2. The molecule has 2 aromatic rings. The van der Waals surface area contributed by atoms with Crippen LogP contribution >= 0.6 is 0 Å². The molecule has 0 fully saturated rings. The molecule has 0 unspecified atom stereocenters. The summed E-state index contributed by atoms with van der Waals surface area (Å²) in [5, 5.41) is 2.76. The van der Waals surface area contributed by atoms with E-state index in [2.05, 4.69) is 10.3 Å². The second kappa shape index (κ2) is 5.09. The molecule has 1 heterocycles. The average molecular weight is 260 g/mol. The Morgan fingerprint density at radius 2 is 2.11 bits per heavy atom. The maximum Gasteiger partial charge on any atom is 0.237 e. The van der Waals surface area contributed by atoms with Crippen LogP contribution in [0.3, 0.4) is 0 Å². The smallest absolute Gasteiger partial charge is 0.237 e. The van der Waals surface area contributed by atoms with Crippen LogP contribution in [0.25, 0.3) is 11.0 Å². The summed E-state index contributed by atoms with van der Waals surface area (Å²) in [6, 6.07) is 7.18. The lowest BCUT2D eigenvalue weighted by molar-refractivity contribution is -0.119. The van der Waals surface area contributed by atoms with E-state index in [0.29, 0.717) is 5.82 Å². The number of aromatic nitrogens is 2. The first-order valence-electron chi connectivity index (χ1n) is 5.99. The number of hydrogen-bond acceptors (Lipinski definition) is 3. The van der Waals surface area contributed by atoms with Gasteiger partial charge in [-0.25, -0.2) is 4.98 Å². The molecule has 3 N–H and O–H groups in total. The number of para-hydroxylation sites is 2. The first kappa shape index (κ1) is 13.1. The minimum atomic E-state index is -0.445. The number of benzene rings is 1. The lowest BCUT2D eigenvalue weighted by atomic mass is 10.3. The van der Waals surface area contributed by atoms with Gasteiger partial charge in [-0.15, -0.1) is 0 Å². The van der Waals surface area contributed by atoms with Crippen molar-refractivity contribution in [1.82, 2.24) is 14.9 Å². The summed E-state index contributed by atoms with van der Waals surface area (Å²) in [6.45, 7) is 3.30. The average Bonchev–Trinajstić information content (AvgIpc) is 2.67. The highest BCUT2D eigenvalue weighted by atomic mass is 16.1. The third-order valence-electron chi connectivity index (χ3n) is 2.81. The van der Waals surface area contributed by atoms with E-state index >= 15 is 0 Å². The molecule has 0 spiro atoms. The van der Waals surface area contributed by atoms with Crippen molar-refractivity contribution in [2.75, 3.05) is 0 Å². The largest absolute Gasteiger partial charge is 0.368 e. The Bertz CT molecular complexity index is 633. The van der Waals surface area contributed by atoms with Gasteiger partial charge in [0.25, 0.3) is 0 Å². The van der Waals surface area contributed by atoms with Crippen LogP contribution in [0, 0.1) is 0 Å². The highest BCUT2D eigenvalue weighted by Gasteiger charge is 2.18. The summed E-state index contributed by atoms with van der Waals surface area (Å²) in [7, 11) is 0. The second-order valence-corrected chi connectivity index (χ2v) is 4.43. The summed E-state index contributed by atoms with van der Waals surface area (Å²) < 4.78 is 1.73. The van der Waals surface area contributed by atoms with Gasteiger partial charge in [0.05, 0.1) is 17.1 Å². The molecule has 100 valence electrons. The van der Waals surface area contributed by atoms with Gasteiger partial charge in [0.1, 0.15) is 12.4 Å². The van der Waals surface area contributed by atoms with Gasteiger partial charge >= 0.3 is 0 Å². The molecular formula is C13H16N4O2. The van der Waals surface area contributed by atoms with Gasteiger partial charge in [0.2, 0.25) is 11.8 Å². The van der Waals surface area contributed by atoms with E-state index in [9.17, 15) is 9.59 Å². The topological polar surface area (TPSA) is 90.0 Å². The van der Waals surface area contributed by atoms with Crippen LogP contribution in [-0.4, -0.2) is 21.4 Å². The van der Waals surface area contributed by atoms with Gasteiger partial charge in [-0.2, -0.15) is 0 Å². The number of imidazole rings is 1. The highest BCUT2D eigenvalue weighted by Crippen LogP contribution is 2.20. The van der Waals surface area contributed by atoms with Crippen LogP contribution in [0.15, 0.2) is 24.3 Å². The monoisotopic (exact) mass is 260 g/mol. The lowest BCUT2D eigenvalue weighted by Crippen LogP contribution is -2.28. The molecule has 1 aromatic heterocycles. The molecule has 1 atom stereocenters. The standard InChI is InChI=1S/C13H16N4O2/c1-8(15-9(2)18)13-16-10-5-3-4-6-11(10)17(13)7-12(14)19/h3-6,8H,7H2,1-2H3,(H2,14,19)(H,15,18)/t8-/m1/s1. The first-order valence-corrected chi connectivity index (χ1v) is 5.99. The molecule has 0 aliphatic heterocycles. The van der Waals surface area contributed by atoms with Gasteiger partial charge < -0.3 is 15.6 Å². The number of amides is 2. The van der Waals surface area contributed by atoms with E-state index in [1.165, 1.54) is 6.92 Å². The van der Waals surface area contributed by atoms with Crippen molar-refractivity contribution in [3.8, 4) is 0 Å². The van der Waals surface area contributed by atoms with Crippen molar-refractivity contribution >= 4 is 22.8 Å². The molecule has 0 aliphatic carbocycles. The fourth-order valence-electron chi connectivity index (χ4n) is 2.12. The van der Waals surface area contributed by atoms with Crippen LogP contribution < -0.4 is 11.1 Å². The van der Waals surface area contributed by atoms with Crippen molar-refractivity contribution in [2.24, 2.45) is 5.73 Å². The Labute approximate surface area is 110 Å². The Balaban J connectivity index is 2.51. The Hall–Kier alpha value is -2.37. The van der Waals surface area contributed by atoms with E-state index in [-0.39, 0.29) is 18.5 Å². The molecule has 1 aromatic carbocycles. The van der Waals surface area contributed by atoms with E-state index in [0.717, 1.165) is 11.0 Å². The third kappa shape index (κ3) is 2.73. The van der Waals surface area contributed by atoms with E-state index < -0.39 is 5.91 Å². The molecule has 6 nitrogen and oxygen atoms in total. The maximum atomic E-state index is 11.2. The Morgan fingerprint density at radius 1 is 1.42 bits per heavy atom. The van der Waals surface area contributed by atoms with Gasteiger partial charge in [-0.1, -0.05) is 12.1 Å². The van der Waals surface area contributed by atoms with Gasteiger partial charge in [0, 0.05) is 6.92 Å². The molecule has 0 saturated carbocycles. The number of carbonyl (C=O) groups excluding carboxylic acids is 2. The molecule has 0 radical (unpaired) electrons. The number of nitrogens with one attached hydrogen (secondary N) is 1. The fraction of sp³-hybridized carbons (Fsp3) is 0.308. The molecular weight excluding hydrogens is 244 g/mol. The van der Waals surface area contributed by atoms with Crippen LogP contribution in [0.5, 0.6) is 0 Å². The van der Waals surface area contributed by atoms with Gasteiger partial charge in [-0.3, -0.25) is 9.59 Å². The zero-order chi connectivity index (χ0) is 14.0. The normalized spacial score (nSPS) is 12.3. The number of primary amides is 1. The number of nitrogens with two attached hydrogens (primary N) is 1. The number of hydrogen-bond donors (Lipinski definition) is 2. The summed E-state index contributed by atoms with van der Waals surface area (Å²) in [5.41, 5.74) is 6.87. The number of rotatable bonds is 4. The summed E-state index contributed by atoms with van der Waals surface area (Å²) in [5.74, 6) is 0.0276. The SMILES string of the molecule is CC(=O)N[C@H](C)c1nc2ccccc2n1CC(N)=O. The molecule has 6 heteroatoms. The zero-order valence-corrected chi connectivity index (χ0v) is 10.9. The van der Waals surface area contributed by atoms with Crippen molar-refractivity contribution in [3.05, 3.63) is 30.1 Å². The molecule has 0 aliphatic rings. The maximum absolute atomic E-state index is 11.2.